The second-order valence-electron chi connectivity index (χ2n) is 8.37. The molecule has 0 saturated carbocycles. The molecule has 1 aromatic carbocycles. The van der Waals surface area contributed by atoms with Crippen LogP contribution in [0.1, 0.15) is 25.8 Å². The number of hydrogen-bond donors (Lipinski definition) is 8. The lowest BCUT2D eigenvalue weighted by atomic mass is 9.98. The van der Waals surface area contributed by atoms with Crippen LogP contribution in [-0.4, -0.2) is 69.5 Å². The summed E-state index contributed by atoms with van der Waals surface area (Å²) in [6.45, 7) is 3.55. The number of carboxylic acid groups (broad SMARTS) is 1. The quantitative estimate of drug-likeness (QED) is 0.178. The zero-order chi connectivity index (χ0) is 26.1. The van der Waals surface area contributed by atoms with Gasteiger partial charge in [-0.05, 0) is 17.5 Å². The maximum atomic E-state index is 13.2. The summed E-state index contributed by atoms with van der Waals surface area (Å²) >= 11 is 8.12. The Labute approximate surface area is 215 Å². The summed E-state index contributed by atoms with van der Waals surface area (Å²) in [7, 11) is 0. The molecule has 12 heteroatoms. The van der Waals surface area contributed by atoms with Gasteiger partial charge >= 0.3 is 5.97 Å². The van der Waals surface area contributed by atoms with Gasteiger partial charge in [0.25, 0.3) is 0 Å². The van der Waals surface area contributed by atoms with Crippen molar-refractivity contribution in [3.63, 3.8) is 0 Å². The van der Waals surface area contributed by atoms with Gasteiger partial charge in [-0.1, -0.05) is 38.5 Å². The molecule has 3 amide bonds. The van der Waals surface area contributed by atoms with Gasteiger partial charge in [-0.3, -0.25) is 14.4 Å². The van der Waals surface area contributed by atoms with E-state index in [9.17, 15) is 24.3 Å². The SMILES string of the molecule is CCC(C)C(NC(=O)C(Cc1c[nH]c2ccccc12)NC(=O)C(CS)NC(=O)C(N)CS)C(=O)O. The number of carboxylic acids is 1. The molecule has 0 radical (unpaired) electrons. The number of fused-ring (bicyclic) bond motifs is 1. The molecule has 2 aromatic rings. The number of rotatable bonds is 13. The van der Waals surface area contributed by atoms with Gasteiger partial charge < -0.3 is 31.8 Å². The van der Waals surface area contributed by atoms with Gasteiger partial charge in [0, 0.05) is 35.0 Å². The lowest BCUT2D eigenvalue weighted by molar-refractivity contribution is -0.143. The molecule has 7 N–H and O–H groups in total. The number of aliphatic carboxylic acids is 1. The third-order valence-corrected chi connectivity index (χ3v) is 6.62. The van der Waals surface area contributed by atoms with E-state index < -0.39 is 47.9 Å². The predicted octanol–water partition coefficient (Wildman–Crippen LogP) is 0.482. The number of nitrogens with one attached hydrogen (secondary N) is 4. The number of benzene rings is 1. The van der Waals surface area contributed by atoms with E-state index >= 15 is 0 Å². The van der Waals surface area contributed by atoms with E-state index in [2.05, 4.69) is 46.2 Å². The molecule has 1 heterocycles. The number of aromatic nitrogens is 1. The number of para-hydroxylation sites is 1. The number of carbonyl (C=O) groups is 4. The summed E-state index contributed by atoms with van der Waals surface area (Å²) in [4.78, 5) is 53.3. The summed E-state index contributed by atoms with van der Waals surface area (Å²) in [5, 5.41) is 18.2. The Hall–Kier alpha value is -2.70. The highest BCUT2D eigenvalue weighted by Gasteiger charge is 2.32. The molecule has 0 bridgehead atoms. The summed E-state index contributed by atoms with van der Waals surface area (Å²) in [6, 6.07) is 3.29. The minimum Gasteiger partial charge on any atom is -0.480 e. The first-order valence-electron chi connectivity index (χ1n) is 11.3. The number of nitrogens with two attached hydrogens (primary N) is 1. The van der Waals surface area contributed by atoms with Crippen LogP contribution in [0.15, 0.2) is 30.5 Å². The molecule has 0 spiro atoms. The van der Waals surface area contributed by atoms with Gasteiger partial charge in [0.1, 0.15) is 18.1 Å². The predicted molar refractivity (Wildman–Crippen MR) is 141 cm³/mol. The number of H-pyrrole nitrogens is 1. The smallest absolute Gasteiger partial charge is 0.326 e. The fraction of sp³-hybridized carbons (Fsp3) is 0.478. The molecular weight excluding hydrogens is 490 g/mol. The first-order chi connectivity index (χ1) is 16.6. The van der Waals surface area contributed by atoms with E-state index in [1.54, 1.807) is 13.1 Å². The van der Waals surface area contributed by atoms with E-state index in [1.807, 2.05) is 31.2 Å². The van der Waals surface area contributed by atoms with Gasteiger partial charge in [0.05, 0.1) is 6.04 Å². The molecule has 2 rings (SSSR count). The van der Waals surface area contributed by atoms with E-state index in [4.69, 9.17) is 5.73 Å². The van der Waals surface area contributed by atoms with Crippen molar-refractivity contribution >= 4 is 59.9 Å². The van der Waals surface area contributed by atoms with Crippen molar-refractivity contribution < 1.29 is 24.3 Å². The van der Waals surface area contributed by atoms with E-state index in [0.717, 1.165) is 16.5 Å². The Morgan fingerprint density at radius 1 is 1.00 bits per heavy atom. The third kappa shape index (κ3) is 7.64. The largest absolute Gasteiger partial charge is 0.480 e. The summed E-state index contributed by atoms with van der Waals surface area (Å²) in [5.74, 6) is -3.30. The molecule has 192 valence electrons. The maximum Gasteiger partial charge on any atom is 0.326 e. The molecule has 0 saturated heterocycles. The molecule has 0 aliphatic carbocycles. The number of aromatic amines is 1. The minimum absolute atomic E-state index is 0.0388. The van der Waals surface area contributed by atoms with Crippen molar-refractivity contribution in [2.45, 2.75) is 50.9 Å². The van der Waals surface area contributed by atoms with Crippen molar-refractivity contribution in [1.29, 1.82) is 0 Å². The van der Waals surface area contributed by atoms with Gasteiger partial charge in [-0.25, -0.2) is 4.79 Å². The Kier molecular flexibility index (Phi) is 10.9. The molecule has 0 fully saturated rings. The average molecular weight is 524 g/mol. The molecule has 5 atom stereocenters. The first-order valence-corrected chi connectivity index (χ1v) is 12.6. The van der Waals surface area contributed by atoms with Crippen LogP contribution in [0, 0.1) is 5.92 Å². The Morgan fingerprint density at radius 3 is 2.23 bits per heavy atom. The maximum absolute atomic E-state index is 13.2. The van der Waals surface area contributed by atoms with Crippen LogP contribution in [-0.2, 0) is 25.6 Å². The van der Waals surface area contributed by atoms with Gasteiger partial charge in [-0.2, -0.15) is 25.3 Å². The van der Waals surface area contributed by atoms with Gasteiger partial charge in [0.15, 0.2) is 0 Å². The molecule has 0 aliphatic rings. The highest BCUT2D eigenvalue weighted by Crippen LogP contribution is 2.19. The Bertz CT molecular complexity index is 1050. The molecular formula is C23H33N5O5S2. The van der Waals surface area contributed by atoms with Crippen LogP contribution in [0.25, 0.3) is 10.9 Å². The topological polar surface area (TPSA) is 166 Å². The number of carbonyl (C=O) groups excluding carboxylic acids is 3. The van der Waals surface area contributed by atoms with Crippen LogP contribution in [0.2, 0.25) is 0 Å². The lowest BCUT2D eigenvalue weighted by Crippen LogP contribution is -2.58. The van der Waals surface area contributed by atoms with Crippen LogP contribution >= 0.6 is 25.3 Å². The number of thiol groups is 2. The normalized spacial score (nSPS) is 15.5. The standard InChI is InChI=1S/C23H33N5O5S2/c1-3-12(2)19(23(32)33)28-21(30)17(8-13-9-25-16-7-5-4-6-14(13)16)26-22(31)18(11-35)27-20(29)15(24)10-34/h4-7,9,12,15,17-19,25,34-35H,3,8,10-11,24H2,1-2H3,(H,26,31)(H,27,29)(H,28,30)(H,32,33). The highest BCUT2D eigenvalue weighted by molar-refractivity contribution is 7.80. The fourth-order valence-corrected chi connectivity index (χ4v) is 3.92. The zero-order valence-electron chi connectivity index (χ0n) is 19.7. The van der Waals surface area contributed by atoms with Crippen LogP contribution in [0.5, 0.6) is 0 Å². The fourth-order valence-electron chi connectivity index (χ4n) is 3.49. The van der Waals surface area contributed by atoms with Crippen molar-refractivity contribution in [2.75, 3.05) is 11.5 Å². The number of hydrogen-bond acceptors (Lipinski definition) is 7. The van der Waals surface area contributed by atoms with Crippen molar-refractivity contribution in [3.05, 3.63) is 36.0 Å². The van der Waals surface area contributed by atoms with Gasteiger partial charge in [0.2, 0.25) is 17.7 Å². The second kappa shape index (κ2) is 13.4. The van der Waals surface area contributed by atoms with Crippen LogP contribution < -0.4 is 21.7 Å². The van der Waals surface area contributed by atoms with Crippen molar-refractivity contribution in [3.8, 4) is 0 Å². The van der Waals surface area contributed by atoms with Gasteiger partial charge in [-0.15, -0.1) is 0 Å². The molecule has 0 aliphatic heterocycles. The summed E-state index contributed by atoms with van der Waals surface area (Å²) in [5.41, 5.74) is 7.29. The third-order valence-electron chi connectivity index (χ3n) is 5.86. The highest BCUT2D eigenvalue weighted by atomic mass is 32.1. The van der Waals surface area contributed by atoms with E-state index in [0.29, 0.717) is 6.42 Å². The average Bonchev–Trinajstić information content (AvgIpc) is 3.26. The van der Waals surface area contributed by atoms with Crippen molar-refractivity contribution in [1.82, 2.24) is 20.9 Å². The summed E-state index contributed by atoms with van der Waals surface area (Å²) in [6.07, 6.45) is 2.37. The zero-order valence-corrected chi connectivity index (χ0v) is 21.4. The molecule has 10 nitrogen and oxygen atoms in total. The molecule has 1 aromatic heterocycles. The monoisotopic (exact) mass is 523 g/mol. The molecule has 5 unspecified atom stereocenters. The van der Waals surface area contributed by atoms with Crippen LogP contribution in [0.4, 0.5) is 0 Å². The lowest BCUT2D eigenvalue weighted by Gasteiger charge is -2.26. The summed E-state index contributed by atoms with van der Waals surface area (Å²) < 4.78 is 0. The first kappa shape index (κ1) is 28.5. The van der Waals surface area contributed by atoms with E-state index in [-0.39, 0.29) is 23.8 Å². The van der Waals surface area contributed by atoms with Crippen molar-refractivity contribution in [2.24, 2.45) is 11.7 Å². The Balaban J connectivity index is 2.29. The van der Waals surface area contributed by atoms with E-state index in [1.165, 1.54) is 0 Å². The van der Waals surface area contributed by atoms with Crippen LogP contribution in [0.3, 0.4) is 0 Å². The minimum atomic E-state index is -1.16. The molecule has 35 heavy (non-hydrogen) atoms. The second-order valence-corrected chi connectivity index (χ2v) is 9.10. The number of amides is 3. The Morgan fingerprint density at radius 2 is 1.63 bits per heavy atom.